The topological polar surface area (TPSA) is 128 Å². The van der Waals surface area contributed by atoms with Crippen LogP contribution < -0.4 is 6.15 Å². The van der Waals surface area contributed by atoms with Crippen LogP contribution in [0.1, 0.15) is 0 Å². The number of ether oxygens (including phenoxy) is 2. The second-order valence-corrected chi connectivity index (χ2v) is 2.98. The molecule has 0 unspecified atom stereocenters. The van der Waals surface area contributed by atoms with Crippen molar-refractivity contribution in [3.8, 4) is 0 Å². The molecule has 0 aliphatic carbocycles. The minimum absolute atomic E-state index is 0. The molecule has 0 aromatic heterocycles. The van der Waals surface area contributed by atoms with Crippen LogP contribution in [0.25, 0.3) is 0 Å². The Morgan fingerprint density at radius 1 is 1.19 bits per heavy atom. The van der Waals surface area contributed by atoms with Crippen molar-refractivity contribution in [3.05, 3.63) is 0 Å². The molecule has 1 aliphatic heterocycles. The number of carbonyl (C=O) groups excluding carboxylic acids is 2. The predicted octanol–water partition coefficient (Wildman–Crippen LogP) is -1.36. The molecule has 16 heavy (non-hydrogen) atoms. The van der Waals surface area contributed by atoms with Gasteiger partial charge < -0.3 is 20.7 Å². The van der Waals surface area contributed by atoms with Crippen LogP contribution in [-0.4, -0.2) is 60.8 Å². The van der Waals surface area contributed by atoms with Crippen molar-refractivity contribution in [2.24, 2.45) is 0 Å². The molecule has 0 amide bonds. The van der Waals surface area contributed by atoms with Crippen LogP contribution in [0.4, 0.5) is 0 Å². The van der Waals surface area contributed by atoms with Gasteiger partial charge >= 0.3 is 17.9 Å². The summed E-state index contributed by atoms with van der Waals surface area (Å²) in [7, 11) is 0. The van der Waals surface area contributed by atoms with Crippen molar-refractivity contribution in [2.75, 3.05) is 32.8 Å². The van der Waals surface area contributed by atoms with E-state index in [1.807, 2.05) is 0 Å². The fourth-order valence-corrected chi connectivity index (χ4v) is 1.13. The van der Waals surface area contributed by atoms with E-state index in [2.05, 4.69) is 9.47 Å². The van der Waals surface area contributed by atoms with Crippen molar-refractivity contribution in [1.82, 2.24) is 11.1 Å². The number of hydrogen-bond acceptors (Lipinski definition) is 7. The normalized spacial score (nSPS) is 18.2. The van der Waals surface area contributed by atoms with Gasteiger partial charge in [0, 0.05) is 0 Å². The summed E-state index contributed by atoms with van der Waals surface area (Å²) >= 11 is 0. The number of aliphatic carboxylic acids is 1. The molecule has 0 radical (unpaired) electrons. The third-order valence-corrected chi connectivity index (χ3v) is 1.67. The summed E-state index contributed by atoms with van der Waals surface area (Å²) in [5.74, 6) is -2.24. The smallest absolute Gasteiger partial charge is 0.320 e. The lowest BCUT2D eigenvalue weighted by Gasteiger charge is -2.15. The monoisotopic (exact) mass is 234 g/mol. The molecule has 8 heteroatoms. The number of rotatable bonds is 2. The fraction of sp³-hybridized carbons (Fsp3) is 0.625. The van der Waals surface area contributed by atoms with E-state index in [4.69, 9.17) is 5.11 Å². The molecule has 0 spiro atoms. The highest BCUT2D eigenvalue weighted by molar-refractivity contribution is 5.77. The van der Waals surface area contributed by atoms with Crippen LogP contribution in [0.5, 0.6) is 0 Å². The highest BCUT2D eigenvalue weighted by Crippen LogP contribution is 1.96. The first kappa shape index (κ1) is 14.3. The van der Waals surface area contributed by atoms with Gasteiger partial charge in [0.25, 0.3) is 0 Å². The molecule has 1 fully saturated rings. The van der Waals surface area contributed by atoms with Crippen LogP contribution in [0.2, 0.25) is 0 Å². The minimum Gasteiger partial charge on any atom is -0.480 e. The Labute approximate surface area is 91.7 Å². The third-order valence-electron chi connectivity index (χ3n) is 1.67. The fourth-order valence-electron chi connectivity index (χ4n) is 1.13. The number of nitrogens with zero attached hydrogens (tertiary/aromatic N) is 1. The number of esters is 2. The molecular formula is C8H14N2O6. The zero-order chi connectivity index (χ0) is 11.3. The number of carbonyl (C=O) groups is 3. The predicted molar refractivity (Wildman–Crippen MR) is 51.0 cm³/mol. The van der Waals surface area contributed by atoms with E-state index in [1.165, 1.54) is 0 Å². The minimum atomic E-state index is -1.12. The van der Waals surface area contributed by atoms with Crippen molar-refractivity contribution in [3.63, 3.8) is 0 Å². The van der Waals surface area contributed by atoms with Gasteiger partial charge in [-0.1, -0.05) is 0 Å². The molecule has 8 nitrogen and oxygen atoms in total. The lowest BCUT2D eigenvalue weighted by atomic mass is 10.4. The van der Waals surface area contributed by atoms with Gasteiger partial charge in [-0.3, -0.25) is 19.3 Å². The first-order valence-corrected chi connectivity index (χ1v) is 4.33. The molecule has 0 atom stereocenters. The van der Waals surface area contributed by atoms with Gasteiger partial charge in [0.1, 0.15) is 13.2 Å². The largest absolute Gasteiger partial charge is 0.480 e. The molecule has 0 saturated carbocycles. The zero-order valence-corrected chi connectivity index (χ0v) is 8.68. The zero-order valence-electron chi connectivity index (χ0n) is 8.68. The Bertz CT molecular complexity index is 260. The van der Waals surface area contributed by atoms with Crippen molar-refractivity contribution in [1.29, 1.82) is 0 Å². The molecule has 0 aromatic rings. The Hall–Kier alpha value is -1.67. The van der Waals surface area contributed by atoms with Crippen molar-refractivity contribution in [2.45, 2.75) is 0 Å². The molecule has 1 saturated heterocycles. The Morgan fingerprint density at radius 3 is 2.00 bits per heavy atom. The molecule has 1 rings (SSSR count). The summed E-state index contributed by atoms with van der Waals surface area (Å²) in [6, 6.07) is 0. The summed E-state index contributed by atoms with van der Waals surface area (Å²) in [6.45, 7) is -0.829. The Kier molecular flexibility index (Phi) is 6.04. The Morgan fingerprint density at radius 2 is 1.62 bits per heavy atom. The summed E-state index contributed by atoms with van der Waals surface area (Å²) in [5.41, 5.74) is 0. The number of carboxylic acid groups (broad SMARTS) is 1. The van der Waals surface area contributed by atoms with Gasteiger partial charge in [-0.15, -0.1) is 0 Å². The average Bonchev–Trinajstić information content (AvgIpc) is 2.16. The maximum Gasteiger partial charge on any atom is 0.320 e. The average molecular weight is 234 g/mol. The summed E-state index contributed by atoms with van der Waals surface area (Å²) in [5, 5.41) is 8.52. The van der Waals surface area contributed by atoms with Gasteiger partial charge in [0.15, 0.2) is 0 Å². The van der Waals surface area contributed by atoms with Crippen molar-refractivity contribution >= 4 is 17.9 Å². The maximum atomic E-state index is 11.1. The molecule has 4 N–H and O–H groups in total. The molecule has 1 heterocycles. The standard InChI is InChI=1S/C8H11NO6.H3N/c10-6(11)3-9-4-7(12)14-1-2-15-8(13)5-9;/h1-5H2,(H,10,11);1H3. The van der Waals surface area contributed by atoms with Crippen LogP contribution >= 0.6 is 0 Å². The quantitative estimate of drug-likeness (QED) is 0.560. The van der Waals surface area contributed by atoms with E-state index in [1.54, 1.807) is 0 Å². The third kappa shape index (κ3) is 5.27. The van der Waals surface area contributed by atoms with E-state index >= 15 is 0 Å². The molecule has 1 aliphatic rings. The second kappa shape index (κ2) is 6.75. The molecule has 0 bridgehead atoms. The number of hydrogen-bond donors (Lipinski definition) is 2. The highest BCUT2D eigenvalue weighted by Gasteiger charge is 2.20. The summed E-state index contributed by atoms with van der Waals surface area (Å²) < 4.78 is 9.34. The van der Waals surface area contributed by atoms with E-state index < -0.39 is 24.5 Å². The van der Waals surface area contributed by atoms with E-state index in [0.29, 0.717) is 0 Å². The van der Waals surface area contributed by atoms with E-state index in [-0.39, 0.29) is 32.5 Å². The maximum absolute atomic E-state index is 11.1. The summed E-state index contributed by atoms with van der Waals surface area (Å²) in [4.78, 5) is 33.7. The second-order valence-electron chi connectivity index (χ2n) is 2.98. The van der Waals surface area contributed by atoms with Gasteiger partial charge in [-0.25, -0.2) is 0 Å². The molecular weight excluding hydrogens is 220 g/mol. The van der Waals surface area contributed by atoms with Gasteiger partial charge in [-0.2, -0.15) is 0 Å². The van der Waals surface area contributed by atoms with Crippen LogP contribution in [0.3, 0.4) is 0 Å². The van der Waals surface area contributed by atoms with Gasteiger partial charge in [-0.05, 0) is 0 Å². The van der Waals surface area contributed by atoms with Crippen LogP contribution in [-0.2, 0) is 23.9 Å². The molecule has 92 valence electrons. The van der Waals surface area contributed by atoms with Crippen LogP contribution in [0.15, 0.2) is 0 Å². The van der Waals surface area contributed by atoms with Crippen molar-refractivity contribution < 1.29 is 29.0 Å². The lowest BCUT2D eigenvalue weighted by Crippen LogP contribution is -2.38. The SMILES string of the molecule is N.O=C(O)CN1CC(=O)OCCOC(=O)C1. The van der Waals surface area contributed by atoms with E-state index in [0.717, 1.165) is 4.90 Å². The highest BCUT2D eigenvalue weighted by atomic mass is 16.6. The van der Waals surface area contributed by atoms with Gasteiger partial charge in [0.2, 0.25) is 0 Å². The Balaban J connectivity index is 0.00000225. The van der Waals surface area contributed by atoms with Gasteiger partial charge in [0.05, 0.1) is 19.6 Å². The number of cyclic esters (lactones) is 2. The van der Waals surface area contributed by atoms with E-state index in [9.17, 15) is 14.4 Å². The first-order valence-electron chi connectivity index (χ1n) is 4.33. The summed E-state index contributed by atoms with van der Waals surface area (Å²) in [6.07, 6.45) is 0. The lowest BCUT2D eigenvalue weighted by molar-refractivity contribution is -0.148. The molecule has 0 aromatic carbocycles. The van der Waals surface area contributed by atoms with Crippen LogP contribution in [0, 0.1) is 0 Å². The number of carboxylic acids is 1. The first-order chi connectivity index (χ1) is 7.08.